The van der Waals surface area contributed by atoms with Crippen molar-refractivity contribution in [2.24, 2.45) is 0 Å². The summed E-state index contributed by atoms with van der Waals surface area (Å²) in [6, 6.07) is -0.0647. The second-order valence-corrected chi connectivity index (χ2v) is 5.66. The highest BCUT2D eigenvalue weighted by molar-refractivity contribution is 5.83. The van der Waals surface area contributed by atoms with Crippen LogP contribution in [-0.2, 0) is 4.79 Å². The van der Waals surface area contributed by atoms with Gasteiger partial charge in [0, 0.05) is 18.1 Å². The van der Waals surface area contributed by atoms with Crippen LogP contribution in [0, 0.1) is 0 Å². The van der Waals surface area contributed by atoms with Gasteiger partial charge in [-0.15, -0.1) is 0 Å². The van der Waals surface area contributed by atoms with E-state index >= 15 is 0 Å². The monoisotopic (exact) mass is 228 g/mol. The lowest BCUT2D eigenvalue weighted by molar-refractivity contribution is -0.141. The fraction of sp³-hybridized carbons (Fsp3) is 0.917. The maximum absolute atomic E-state index is 12.3. The lowest BCUT2D eigenvalue weighted by Crippen LogP contribution is -2.53. The molecule has 0 spiro atoms. The van der Waals surface area contributed by atoms with Crippen molar-refractivity contribution in [2.75, 3.05) is 20.2 Å². The standard InChI is InChI=1S/C12H24N2O2/c1-9-6-7-14(12(2,3)4)11(16)10(8-15)13(9)5/h9-10,15H,6-8H2,1-5H3. The minimum Gasteiger partial charge on any atom is -0.394 e. The van der Waals surface area contributed by atoms with Crippen molar-refractivity contribution in [3.8, 4) is 0 Å². The number of aliphatic hydroxyl groups is 1. The van der Waals surface area contributed by atoms with Crippen LogP contribution in [-0.4, -0.2) is 58.6 Å². The summed E-state index contributed by atoms with van der Waals surface area (Å²) in [5.41, 5.74) is -0.171. The molecule has 0 aromatic rings. The number of nitrogens with zero attached hydrogens (tertiary/aromatic N) is 2. The van der Waals surface area contributed by atoms with Crippen LogP contribution in [0.15, 0.2) is 0 Å². The zero-order valence-electron chi connectivity index (χ0n) is 11.0. The lowest BCUT2D eigenvalue weighted by atomic mass is 10.0. The molecule has 94 valence electrons. The van der Waals surface area contributed by atoms with Crippen LogP contribution in [0.3, 0.4) is 0 Å². The van der Waals surface area contributed by atoms with Gasteiger partial charge in [0.05, 0.1) is 6.61 Å². The molecule has 0 saturated carbocycles. The largest absolute Gasteiger partial charge is 0.394 e. The average Bonchev–Trinajstić information content (AvgIpc) is 2.25. The number of carbonyl (C=O) groups is 1. The molecule has 0 aromatic carbocycles. The molecule has 16 heavy (non-hydrogen) atoms. The summed E-state index contributed by atoms with van der Waals surface area (Å²) in [7, 11) is 1.91. The smallest absolute Gasteiger partial charge is 0.242 e. The average molecular weight is 228 g/mol. The van der Waals surface area contributed by atoms with Crippen molar-refractivity contribution in [1.82, 2.24) is 9.80 Å². The zero-order chi connectivity index (χ0) is 12.5. The summed E-state index contributed by atoms with van der Waals surface area (Å²) in [5, 5.41) is 9.37. The topological polar surface area (TPSA) is 43.8 Å². The molecule has 1 rings (SSSR count). The molecule has 2 unspecified atom stereocenters. The number of likely N-dealkylation sites (N-methyl/N-ethyl adjacent to an activating group) is 1. The summed E-state index contributed by atoms with van der Waals surface area (Å²) in [6.45, 7) is 8.87. The van der Waals surface area contributed by atoms with Gasteiger partial charge in [-0.05, 0) is 41.2 Å². The van der Waals surface area contributed by atoms with Gasteiger partial charge in [-0.25, -0.2) is 0 Å². The third kappa shape index (κ3) is 2.55. The minimum absolute atomic E-state index is 0.0434. The van der Waals surface area contributed by atoms with E-state index in [2.05, 4.69) is 6.92 Å². The molecule has 1 saturated heterocycles. The minimum atomic E-state index is -0.392. The predicted octanol–water partition coefficient (Wildman–Crippen LogP) is 0.698. The van der Waals surface area contributed by atoms with Crippen LogP contribution in [0.4, 0.5) is 0 Å². The SMILES string of the molecule is CC1CCN(C(C)(C)C)C(=O)C(CO)N1C. The Hall–Kier alpha value is -0.610. The molecule has 2 atom stereocenters. The van der Waals surface area contributed by atoms with Gasteiger partial charge in [0.2, 0.25) is 5.91 Å². The van der Waals surface area contributed by atoms with E-state index in [4.69, 9.17) is 0 Å². The van der Waals surface area contributed by atoms with Crippen LogP contribution in [0.5, 0.6) is 0 Å². The summed E-state index contributed by atoms with van der Waals surface area (Å²) >= 11 is 0. The molecule has 0 aliphatic carbocycles. The Balaban J connectivity index is 2.96. The molecular weight excluding hydrogens is 204 g/mol. The number of hydrogen-bond donors (Lipinski definition) is 1. The van der Waals surface area contributed by atoms with Crippen molar-refractivity contribution in [3.63, 3.8) is 0 Å². The molecule has 0 aromatic heterocycles. The van der Waals surface area contributed by atoms with E-state index in [9.17, 15) is 9.90 Å². The highest BCUT2D eigenvalue weighted by atomic mass is 16.3. The highest BCUT2D eigenvalue weighted by Gasteiger charge is 2.37. The van der Waals surface area contributed by atoms with E-state index in [0.717, 1.165) is 13.0 Å². The molecule has 0 radical (unpaired) electrons. The number of amides is 1. The van der Waals surface area contributed by atoms with Gasteiger partial charge in [0.1, 0.15) is 6.04 Å². The molecule has 0 bridgehead atoms. The van der Waals surface area contributed by atoms with Crippen LogP contribution >= 0.6 is 0 Å². The van der Waals surface area contributed by atoms with Crippen molar-refractivity contribution >= 4 is 5.91 Å². The van der Waals surface area contributed by atoms with Crippen LogP contribution in [0.1, 0.15) is 34.1 Å². The normalized spacial score (nSPS) is 29.4. The molecule has 1 aliphatic rings. The second kappa shape index (κ2) is 4.72. The quantitative estimate of drug-likeness (QED) is 0.718. The Kier molecular flexibility index (Phi) is 3.97. The summed E-state index contributed by atoms with van der Waals surface area (Å²) in [6.07, 6.45) is 0.954. The summed E-state index contributed by atoms with van der Waals surface area (Å²) in [5.74, 6) is 0.0434. The van der Waals surface area contributed by atoms with Gasteiger partial charge in [-0.2, -0.15) is 0 Å². The van der Waals surface area contributed by atoms with Gasteiger partial charge in [-0.1, -0.05) is 0 Å². The second-order valence-electron chi connectivity index (χ2n) is 5.66. The molecule has 1 aliphatic heterocycles. The fourth-order valence-electron chi connectivity index (χ4n) is 2.16. The Morgan fingerprint density at radius 1 is 1.44 bits per heavy atom. The Morgan fingerprint density at radius 2 is 2.00 bits per heavy atom. The predicted molar refractivity (Wildman–Crippen MR) is 64.2 cm³/mol. The van der Waals surface area contributed by atoms with E-state index in [1.807, 2.05) is 37.6 Å². The number of rotatable bonds is 1. The van der Waals surface area contributed by atoms with E-state index in [1.54, 1.807) is 0 Å². The first-order valence-corrected chi connectivity index (χ1v) is 5.93. The third-order valence-corrected chi connectivity index (χ3v) is 3.49. The molecule has 1 N–H and O–H groups in total. The van der Waals surface area contributed by atoms with Crippen LogP contribution in [0.25, 0.3) is 0 Å². The van der Waals surface area contributed by atoms with Crippen molar-refractivity contribution in [3.05, 3.63) is 0 Å². The molecule has 1 fully saturated rings. The van der Waals surface area contributed by atoms with Crippen LogP contribution < -0.4 is 0 Å². The van der Waals surface area contributed by atoms with E-state index in [0.29, 0.717) is 6.04 Å². The van der Waals surface area contributed by atoms with E-state index in [-0.39, 0.29) is 18.1 Å². The number of aliphatic hydroxyl groups excluding tert-OH is 1. The first-order chi connectivity index (χ1) is 7.29. The number of hydrogen-bond acceptors (Lipinski definition) is 3. The summed E-state index contributed by atoms with van der Waals surface area (Å²) in [4.78, 5) is 16.2. The molecule has 1 amide bonds. The van der Waals surface area contributed by atoms with Gasteiger partial charge < -0.3 is 10.0 Å². The van der Waals surface area contributed by atoms with Gasteiger partial charge in [0.25, 0.3) is 0 Å². The van der Waals surface area contributed by atoms with Gasteiger partial charge in [-0.3, -0.25) is 9.69 Å². The Morgan fingerprint density at radius 3 is 2.44 bits per heavy atom. The zero-order valence-corrected chi connectivity index (χ0v) is 11.0. The molecular formula is C12H24N2O2. The lowest BCUT2D eigenvalue weighted by Gasteiger charge is -2.37. The first kappa shape index (κ1) is 13.5. The maximum atomic E-state index is 12.3. The van der Waals surface area contributed by atoms with Gasteiger partial charge >= 0.3 is 0 Å². The Bertz CT molecular complexity index is 260. The summed E-state index contributed by atoms with van der Waals surface area (Å²) < 4.78 is 0. The van der Waals surface area contributed by atoms with Crippen molar-refractivity contribution in [2.45, 2.75) is 51.7 Å². The molecule has 4 nitrogen and oxygen atoms in total. The third-order valence-electron chi connectivity index (χ3n) is 3.49. The fourth-order valence-corrected chi connectivity index (χ4v) is 2.16. The van der Waals surface area contributed by atoms with Crippen molar-refractivity contribution < 1.29 is 9.90 Å². The van der Waals surface area contributed by atoms with E-state index in [1.165, 1.54) is 0 Å². The molecule has 1 heterocycles. The first-order valence-electron chi connectivity index (χ1n) is 5.93. The maximum Gasteiger partial charge on any atom is 0.242 e. The molecule has 4 heteroatoms. The van der Waals surface area contributed by atoms with Gasteiger partial charge in [0.15, 0.2) is 0 Å². The Labute approximate surface area is 98.2 Å². The van der Waals surface area contributed by atoms with E-state index < -0.39 is 6.04 Å². The highest BCUT2D eigenvalue weighted by Crippen LogP contribution is 2.22. The van der Waals surface area contributed by atoms with Crippen LogP contribution in [0.2, 0.25) is 0 Å². The number of carbonyl (C=O) groups excluding carboxylic acids is 1. The van der Waals surface area contributed by atoms with Crippen molar-refractivity contribution in [1.29, 1.82) is 0 Å².